The van der Waals surface area contributed by atoms with Crippen LogP contribution in [-0.4, -0.2) is 26.3 Å². The van der Waals surface area contributed by atoms with Gasteiger partial charge in [0.2, 0.25) is 0 Å². The van der Waals surface area contributed by atoms with Crippen molar-refractivity contribution in [3.63, 3.8) is 0 Å². The summed E-state index contributed by atoms with van der Waals surface area (Å²) in [6.45, 7) is 9.46. The summed E-state index contributed by atoms with van der Waals surface area (Å²) in [4.78, 5) is 9.37. The molecule has 0 spiro atoms. The molecule has 108 valence electrons. The number of hydrogen-bond acceptors (Lipinski definition) is 4. The molecule has 2 heterocycles. The average molecular weight is 273 g/mol. The van der Waals surface area contributed by atoms with Crippen molar-refractivity contribution in [2.24, 2.45) is 7.05 Å². The quantitative estimate of drug-likeness (QED) is 0.909. The van der Waals surface area contributed by atoms with Gasteiger partial charge in [-0.1, -0.05) is 20.8 Å². The Labute approximate surface area is 120 Å². The molecule has 0 aliphatic heterocycles. The molecule has 2 aromatic rings. The van der Waals surface area contributed by atoms with E-state index in [1.54, 1.807) is 10.9 Å². The predicted molar refractivity (Wildman–Crippen MR) is 81.8 cm³/mol. The smallest absolute Gasteiger partial charge is 0.180 e. The Kier molecular flexibility index (Phi) is 4.37. The molecule has 2 aromatic heterocycles. The second-order valence-corrected chi connectivity index (χ2v) is 5.32. The van der Waals surface area contributed by atoms with E-state index in [1.165, 1.54) is 5.56 Å². The highest BCUT2D eigenvalue weighted by molar-refractivity contribution is 5.57. The lowest BCUT2D eigenvalue weighted by molar-refractivity contribution is 0.765. The standard InChI is InChI=1S/C15H23N5/c1-6-8-16-15-13(10(2)3)11(4)18-14(19-15)12-7-9-17-20(12)5/h7,9-10H,6,8H2,1-5H3,(H,16,18,19). The van der Waals surface area contributed by atoms with Gasteiger partial charge in [0, 0.05) is 31.0 Å². The number of anilines is 1. The molecule has 2 rings (SSSR count). The summed E-state index contributed by atoms with van der Waals surface area (Å²) in [7, 11) is 1.91. The van der Waals surface area contributed by atoms with E-state index >= 15 is 0 Å². The van der Waals surface area contributed by atoms with Crippen LogP contribution in [0.5, 0.6) is 0 Å². The first-order valence-electron chi connectivity index (χ1n) is 7.15. The molecule has 0 fully saturated rings. The molecule has 0 aliphatic carbocycles. The maximum absolute atomic E-state index is 4.71. The van der Waals surface area contributed by atoms with E-state index in [2.05, 4.69) is 36.2 Å². The van der Waals surface area contributed by atoms with Crippen LogP contribution in [0.25, 0.3) is 11.5 Å². The van der Waals surface area contributed by atoms with Crippen LogP contribution in [0, 0.1) is 6.92 Å². The molecule has 5 nitrogen and oxygen atoms in total. The van der Waals surface area contributed by atoms with Gasteiger partial charge in [0.1, 0.15) is 11.5 Å². The van der Waals surface area contributed by atoms with Gasteiger partial charge in [-0.05, 0) is 25.3 Å². The molecule has 0 saturated carbocycles. The van der Waals surface area contributed by atoms with Crippen molar-refractivity contribution in [3.05, 3.63) is 23.5 Å². The molecular weight excluding hydrogens is 250 g/mol. The Hall–Kier alpha value is -1.91. The molecule has 0 radical (unpaired) electrons. The number of hydrogen-bond donors (Lipinski definition) is 1. The summed E-state index contributed by atoms with van der Waals surface area (Å²) in [5.74, 6) is 2.07. The van der Waals surface area contributed by atoms with Crippen LogP contribution in [0.2, 0.25) is 0 Å². The minimum Gasteiger partial charge on any atom is -0.370 e. The number of rotatable bonds is 5. The SMILES string of the molecule is CCCNc1nc(-c2ccnn2C)nc(C)c1C(C)C. The summed E-state index contributed by atoms with van der Waals surface area (Å²) in [6.07, 6.45) is 2.84. The highest BCUT2D eigenvalue weighted by Crippen LogP contribution is 2.27. The monoisotopic (exact) mass is 273 g/mol. The van der Waals surface area contributed by atoms with Crippen molar-refractivity contribution in [1.29, 1.82) is 0 Å². The minimum atomic E-state index is 0.398. The Morgan fingerprint density at radius 3 is 2.60 bits per heavy atom. The van der Waals surface area contributed by atoms with Gasteiger partial charge in [0.15, 0.2) is 5.82 Å². The summed E-state index contributed by atoms with van der Waals surface area (Å²) in [6, 6.07) is 1.94. The number of nitrogens with one attached hydrogen (secondary N) is 1. The Balaban J connectivity index is 2.51. The van der Waals surface area contributed by atoms with Gasteiger partial charge in [-0.25, -0.2) is 9.97 Å². The van der Waals surface area contributed by atoms with Gasteiger partial charge in [-0.2, -0.15) is 5.10 Å². The molecule has 0 aromatic carbocycles. The summed E-state index contributed by atoms with van der Waals surface area (Å²) in [5, 5.41) is 7.61. The molecule has 0 saturated heterocycles. The lowest BCUT2D eigenvalue weighted by Crippen LogP contribution is -2.11. The number of aryl methyl sites for hydroxylation is 2. The second kappa shape index (κ2) is 6.03. The van der Waals surface area contributed by atoms with Gasteiger partial charge >= 0.3 is 0 Å². The van der Waals surface area contributed by atoms with Crippen molar-refractivity contribution in [1.82, 2.24) is 19.7 Å². The van der Waals surface area contributed by atoms with Gasteiger partial charge in [-0.15, -0.1) is 0 Å². The minimum absolute atomic E-state index is 0.398. The fourth-order valence-corrected chi connectivity index (χ4v) is 2.36. The van der Waals surface area contributed by atoms with E-state index < -0.39 is 0 Å². The van der Waals surface area contributed by atoms with Crippen LogP contribution < -0.4 is 5.32 Å². The third-order valence-corrected chi connectivity index (χ3v) is 3.31. The first-order chi connectivity index (χ1) is 9.54. The van der Waals surface area contributed by atoms with E-state index in [9.17, 15) is 0 Å². The molecule has 0 bridgehead atoms. The zero-order valence-electron chi connectivity index (χ0n) is 12.9. The molecule has 20 heavy (non-hydrogen) atoms. The molecule has 0 aliphatic rings. The fourth-order valence-electron chi connectivity index (χ4n) is 2.36. The van der Waals surface area contributed by atoms with Crippen molar-refractivity contribution >= 4 is 5.82 Å². The van der Waals surface area contributed by atoms with Crippen LogP contribution >= 0.6 is 0 Å². The number of nitrogens with zero attached hydrogens (tertiary/aromatic N) is 4. The lowest BCUT2D eigenvalue weighted by Gasteiger charge is -2.17. The van der Waals surface area contributed by atoms with Gasteiger partial charge in [0.05, 0.1) is 0 Å². The fraction of sp³-hybridized carbons (Fsp3) is 0.533. The maximum atomic E-state index is 4.71. The normalized spacial score (nSPS) is 11.1. The van der Waals surface area contributed by atoms with Crippen LogP contribution in [0.1, 0.15) is 44.4 Å². The second-order valence-electron chi connectivity index (χ2n) is 5.32. The van der Waals surface area contributed by atoms with Crippen LogP contribution in [-0.2, 0) is 7.05 Å². The van der Waals surface area contributed by atoms with Gasteiger partial charge in [-0.3, -0.25) is 4.68 Å². The van der Waals surface area contributed by atoms with E-state index in [1.807, 2.05) is 20.0 Å². The largest absolute Gasteiger partial charge is 0.370 e. The summed E-state index contributed by atoms with van der Waals surface area (Å²) < 4.78 is 1.80. The van der Waals surface area contributed by atoms with Crippen LogP contribution in [0.15, 0.2) is 12.3 Å². The maximum Gasteiger partial charge on any atom is 0.180 e. The summed E-state index contributed by atoms with van der Waals surface area (Å²) in [5.41, 5.74) is 3.16. The third kappa shape index (κ3) is 2.81. The molecule has 0 amide bonds. The topological polar surface area (TPSA) is 55.6 Å². The molecule has 0 atom stereocenters. The molecule has 0 unspecified atom stereocenters. The molecule has 1 N–H and O–H groups in total. The van der Waals surface area contributed by atoms with E-state index in [0.717, 1.165) is 36.0 Å². The van der Waals surface area contributed by atoms with E-state index in [-0.39, 0.29) is 0 Å². The zero-order valence-corrected chi connectivity index (χ0v) is 12.9. The number of aromatic nitrogens is 4. The first kappa shape index (κ1) is 14.5. The Morgan fingerprint density at radius 2 is 2.05 bits per heavy atom. The van der Waals surface area contributed by atoms with Gasteiger partial charge in [0.25, 0.3) is 0 Å². The van der Waals surface area contributed by atoms with Gasteiger partial charge < -0.3 is 5.32 Å². The summed E-state index contributed by atoms with van der Waals surface area (Å²) >= 11 is 0. The average Bonchev–Trinajstić information content (AvgIpc) is 2.81. The van der Waals surface area contributed by atoms with Crippen molar-refractivity contribution in [3.8, 4) is 11.5 Å². The van der Waals surface area contributed by atoms with E-state index in [4.69, 9.17) is 4.98 Å². The highest BCUT2D eigenvalue weighted by Gasteiger charge is 2.16. The molecule has 5 heteroatoms. The lowest BCUT2D eigenvalue weighted by atomic mass is 10.0. The van der Waals surface area contributed by atoms with Crippen LogP contribution in [0.3, 0.4) is 0 Å². The molecular formula is C15H23N5. The Morgan fingerprint density at radius 1 is 1.30 bits per heavy atom. The van der Waals surface area contributed by atoms with Crippen molar-refractivity contribution in [2.45, 2.75) is 40.0 Å². The first-order valence-corrected chi connectivity index (χ1v) is 7.15. The van der Waals surface area contributed by atoms with Crippen LogP contribution in [0.4, 0.5) is 5.82 Å². The zero-order chi connectivity index (χ0) is 14.7. The highest BCUT2D eigenvalue weighted by atomic mass is 15.3. The van der Waals surface area contributed by atoms with E-state index in [0.29, 0.717) is 5.92 Å². The van der Waals surface area contributed by atoms with Crippen molar-refractivity contribution in [2.75, 3.05) is 11.9 Å². The predicted octanol–water partition coefficient (Wildman–Crippen LogP) is 3.13. The Bertz CT molecular complexity index is 586. The van der Waals surface area contributed by atoms with Crippen molar-refractivity contribution < 1.29 is 0 Å². The third-order valence-electron chi connectivity index (χ3n) is 3.31.